The van der Waals surface area contributed by atoms with E-state index in [9.17, 15) is 9.59 Å². The number of nitrogens with one attached hydrogen (secondary N) is 1. The molecule has 4 nitrogen and oxygen atoms in total. The van der Waals surface area contributed by atoms with Crippen molar-refractivity contribution < 1.29 is 9.59 Å². The van der Waals surface area contributed by atoms with Gasteiger partial charge in [0.05, 0.1) is 0 Å². The summed E-state index contributed by atoms with van der Waals surface area (Å²) in [6.45, 7) is 1.66. The van der Waals surface area contributed by atoms with E-state index in [0.717, 1.165) is 47.8 Å². The molecule has 2 amide bonds. The molecule has 1 N–H and O–H groups in total. The van der Waals surface area contributed by atoms with Crippen molar-refractivity contribution >= 4 is 29.3 Å². The third kappa shape index (κ3) is 2.61. The quantitative estimate of drug-likeness (QED) is 0.850. The van der Waals surface area contributed by atoms with Gasteiger partial charge in [0.2, 0.25) is 5.91 Å². The number of aryl methyl sites for hydroxylation is 1. The number of carbonyl (C=O) groups is 2. The number of amides is 2. The van der Waals surface area contributed by atoms with Crippen LogP contribution in [-0.2, 0) is 11.2 Å². The first-order valence-corrected chi connectivity index (χ1v) is 7.69. The van der Waals surface area contributed by atoms with Gasteiger partial charge in [-0.15, -0.1) is 0 Å². The third-order valence-corrected chi connectivity index (χ3v) is 4.49. The van der Waals surface area contributed by atoms with Gasteiger partial charge in [0, 0.05) is 42.3 Å². The molecule has 2 aliphatic heterocycles. The number of benzene rings is 1. The Morgan fingerprint density at radius 2 is 2.00 bits per heavy atom. The van der Waals surface area contributed by atoms with Gasteiger partial charge in [0.15, 0.2) is 0 Å². The van der Waals surface area contributed by atoms with Crippen LogP contribution >= 0.6 is 11.8 Å². The molecule has 0 atom stereocenters. The summed E-state index contributed by atoms with van der Waals surface area (Å²) < 4.78 is 0. The lowest BCUT2D eigenvalue weighted by molar-refractivity contribution is -0.116. The molecule has 0 aliphatic carbocycles. The molecule has 0 spiro atoms. The molecule has 2 heterocycles. The van der Waals surface area contributed by atoms with Gasteiger partial charge < -0.3 is 10.2 Å². The zero-order valence-corrected chi connectivity index (χ0v) is 11.5. The summed E-state index contributed by atoms with van der Waals surface area (Å²) in [5, 5.41) is 2.84. The molecule has 19 heavy (non-hydrogen) atoms. The summed E-state index contributed by atoms with van der Waals surface area (Å²) in [7, 11) is 0. The van der Waals surface area contributed by atoms with E-state index in [4.69, 9.17) is 0 Å². The summed E-state index contributed by atoms with van der Waals surface area (Å²) in [5.74, 6) is 2.21. The fourth-order valence-corrected chi connectivity index (χ4v) is 3.37. The maximum atomic E-state index is 12.4. The van der Waals surface area contributed by atoms with Gasteiger partial charge >= 0.3 is 0 Å². The van der Waals surface area contributed by atoms with E-state index in [1.54, 1.807) is 0 Å². The molecule has 0 bridgehead atoms. The van der Waals surface area contributed by atoms with E-state index in [1.807, 2.05) is 34.9 Å². The first-order valence-electron chi connectivity index (χ1n) is 6.54. The lowest BCUT2D eigenvalue weighted by atomic mass is 10.00. The molecule has 100 valence electrons. The Hall–Kier alpha value is -1.49. The maximum Gasteiger partial charge on any atom is 0.253 e. The predicted octanol–water partition coefficient (Wildman–Crippen LogP) is 1.76. The number of carbonyl (C=O) groups excluding carboxylic acids is 2. The number of rotatable bonds is 1. The van der Waals surface area contributed by atoms with Crippen LogP contribution in [0.15, 0.2) is 18.2 Å². The molecule has 1 saturated heterocycles. The first-order chi connectivity index (χ1) is 9.24. The Balaban J connectivity index is 1.81. The zero-order valence-electron chi connectivity index (χ0n) is 10.6. The molecule has 3 rings (SSSR count). The first kappa shape index (κ1) is 12.5. The maximum absolute atomic E-state index is 12.4. The number of anilines is 1. The Bertz CT molecular complexity index is 524. The molecule has 1 aromatic rings. The molecular weight excluding hydrogens is 260 g/mol. The van der Waals surface area contributed by atoms with Gasteiger partial charge in [-0.3, -0.25) is 9.59 Å². The van der Waals surface area contributed by atoms with Crippen molar-refractivity contribution in [3.63, 3.8) is 0 Å². The molecule has 5 heteroatoms. The second-order valence-electron chi connectivity index (χ2n) is 4.82. The third-order valence-electron chi connectivity index (χ3n) is 3.55. The molecule has 1 aromatic carbocycles. The lowest BCUT2D eigenvalue weighted by Gasteiger charge is -2.27. The number of nitrogens with zero attached hydrogens (tertiary/aromatic N) is 1. The number of hydrogen-bond donors (Lipinski definition) is 1. The van der Waals surface area contributed by atoms with Gasteiger partial charge in [0.1, 0.15) is 0 Å². The van der Waals surface area contributed by atoms with Crippen molar-refractivity contribution in [2.75, 3.05) is 29.9 Å². The topological polar surface area (TPSA) is 49.4 Å². The Morgan fingerprint density at radius 1 is 1.21 bits per heavy atom. The molecule has 0 unspecified atom stereocenters. The predicted molar refractivity (Wildman–Crippen MR) is 76.6 cm³/mol. The summed E-state index contributed by atoms with van der Waals surface area (Å²) in [6, 6.07) is 5.59. The van der Waals surface area contributed by atoms with Crippen LogP contribution in [0.3, 0.4) is 0 Å². The minimum atomic E-state index is 0.0552. The van der Waals surface area contributed by atoms with Crippen molar-refractivity contribution in [2.24, 2.45) is 0 Å². The fourth-order valence-electron chi connectivity index (χ4n) is 2.47. The molecule has 0 radical (unpaired) electrons. The van der Waals surface area contributed by atoms with E-state index < -0.39 is 0 Å². The van der Waals surface area contributed by atoms with Crippen molar-refractivity contribution in [3.05, 3.63) is 29.3 Å². The fraction of sp³-hybridized carbons (Fsp3) is 0.429. The van der Waals surface area contributed by atoms with Crippen LogP contribution in [-0.4, -0.2) is 41.3 Å². The van der Waals surface area contributed by atoms with E-state index >= 15 is 0 Å². The van der Waals surface area contributed by atoms with Crippen LogP contribution in [0, 0.1) is 0 Å². The Morgan fingerprint density at radius 3 is 2.79 bits per heavy atom. The molecule has 0 aromatic heterocycles. The second-order valence-corrected chi connectivity index (χ2v) is 6.05. The van der Waals surface area contributed by atoms with Crippen LogP contribution < -0.4 is 5.32 Å². The molecular formula is C14H16N2O2S. The largest absolute Gasteiger partial charge is 0.337 e. The summed E-state index contributed by atoms with van der Waals surface area (Å²) in [5.41, 5.74) is 2.65. The van der Waals surface area contributed by atoms with Gasteiger partial charge in [-0.2, -0.15) is 11.8 Å². The average molecular weight is 276 g/mol. The van der Waals surface area contributed by atoms with Crippen LogP contribution in [0.5, 0.6) is 0 Å². The van der Waals surface area contributed by atoms with E-state index in [1.165, 1.54) is 0 Å². The minimum absolute atomic E-state index is 0.0552. The summed E-state index contributed by atoms with van der Waals surface area (Å²) in [4.78, 5) is 25.6. The van der Waals surface area contributed by atoms with Crippen molar-refractivity contribution in [1.82, 2.24) is 4.90 Å². The van der Waals surface area contributed by atoms with Crippen molar-refractivity contribution in [3.8, 4) is 0 Å². The van der Waals surface area contributed by atoms with E-state index in [2.05, 4.69) is 5.32 Å². The normalized spacial score (nSPS) is 18.7. The minimum Gasteiger partial charge on any atom is -0.337 e. The zero-order chi connectivity index (χ0) is 13.2. The van der Waals surface area contributed by atoms with Crippen LogP contribution in [0.4, 0.5) is 5.69 Å². The summed E-state index contributed by atoms with van der Waals surface area (Å²) >= 11 is 1.89. The van der Waals surface area contributed by atoms with Crippen molar-refractivity contribution in [2.45, 2.75) is 12.8 Å². The molecule has 0 saturated carbocycles. The highest BCUT2D eigenvalue weighted by Crippen LogP contribution is 2.24. The van der Waals surface area contributed by atoms with Crippen LogP contribution in [0.2, 0.25) is 0 Å². The van der Waals surface area contributed by atoms with Crippen molar-refractivity contribution in [1.29, 1.82) is 0 Å². The number of fused-ring (bicyclic) bond motifs is 1. The van der Waals surface area contributed by atoms with Gasteiger partial charge in [0.25, 0.3) is 5.91 Å². The van der Waals surface area contributed by atoms with Gasteiger partial charge in [-0.05, 0) is 30.2 Å². The van der Waals surface area contributed by atoms with Crippen LogP contribution in [0.1, 0.15) is 22.3 Å². The van der Waals surface area contributed by atoms with E-state index in [-0.39, 0.29) is 11.8 Å². The monoisotopic (exact) mass is 276 g/mol. The standard InChI is InChI=1S/C14H16N2O2S/c17-13-4-2-10-9-11(1-3-12(10)15-13)14(18)16-5-7-19-8-6-16/h1,3,9H,2,4-8H2,(H,15,17). The Kier molecular flexibility index (Phi) is 3.46. The summed E-state index contributed by atoms with van der Waals surface area (Å²) in [6.07, 6.45) is 1.23. The Labute approximate surface area is 116 Å². The lowest BCUT2D eigenvalue weighted by Crippen LogP contribution is -2.38. The average Bonchev–Trinajstić information content (AvgIpc) is 2.47. The highest BCUT2D eigenvalue weighted by Gasteiger charge is 2.21. The number of thioether (sulfide) groups is 1. The highest BCUT2D eigenvalue weighted by molar-refractivity contribution is 7.99. The second kappa shape index (κ2) is 5.25. The highest BCUT2D eigenvalue weighted by atomic mass is 32.2. The SMILES string of the molecule is O=C1CCc2cc(C(=O)N3CCSCC3)ccc2N1. The van der Waals surface area contributed by atoms with E-state index in [0.29, 0.717) is 6.42 Å². The number of hydrogen-bond acceptors (Lipinski definition) is 3. The molecule has 1 fully saturated rings. The van der Waals surface area contributed by atoms with Crippen LogP contribution in [0.25, 0.3) is 0 Å². The smallest absolute Gasteiger partial charge is 0.253 e. The van der Waals surface area contributed by atoms with Gasteiger partial charge in [-0.25, -0.2) is 0 Å². The molecule has 2 aliphatic rings. The van der Waals surface area contributed by atoms with Gasteiger partial charge in [-0.1, -0.05) is 0 Å².